The van der Waals surface area contributed by atoms with E-state index < -0.39 is 5.97 Å². The molecule has 1 aromatic heterocycles. The summed E-state index contributed by atoms with van der Waals surface area (Å²) in [4.78, 5) is 15.8. The molecule has 2 heterocycles. The fourth-order valence-electron chi connectivity index (χ4n) is 1.74. The van der Waals surface area contributed by atoms with Crippen LogP contribution >= 0.6 is 11.6 Å². The van der Waals surface area contributed by atoms with Crippen molar-refractivity contribution in [1.82, 2.24) is 10.1 Å². The van der Waals surface area contributed by atoms with Crippen LogP contribution in [-0.4, -0.2) is 29.3 Å². The summed E-state index contributed by atoms with van der Waals surface area (Å²) in [5.74, 6) is -0.164. The molecular weight excluding hydrogens is 312 g/mol. The Labute approximate surface area is 130 Å². The summed E-state index contributed by atoms with van der Waals surface area (Å²) in [6, 6.07) is 7.10. The van der Waals surface area contributed by atoms with Gasteiger partial charge in [0.15, 0.2) is 6.61 Å². The highest BCUT2D eigenvalue weighted by Crippen LogP contribution is 2.24. The van der Waals surface area contributed by atoms with Crippen LogP contribution in [0.4, 0.5) is 0 Å². The van der Waals surface area contributed by atoms with Crippen molar-refractivity contribution in [3.63, 3.8) is 0 Å². The van der Waals surface area contributed by atoms with Crippen molar-refractivity contribution in [2.75, 3.05) is 13.2 Å². The molecule has 0 spiro atoms. The molecule has 3 rings (SSSR count). The first-order valence-electron chi connectivity index (χ1n) is 6.43. The lowest BCUT2D eigenvalue weighted by Crippen LogP contribution is -2.17. The predicted molar refractivity (Wildman–Crippen MR) is 74.5 cm³/mol. The number of nitrogens with zero attached hydrogens (tertiary/aromatic N) is 2. The molecule has 1 aliphatic heterocycles. The van der Waals surface area contributed by atoms with E-state index in [1.807, 2.05) is 6.07 Å². The van der Waals surface area contributed by atoms with Crippen molar-refractivity contribution in [1.29, 1.82) is 0 Å². The van der Waals surface area contributed by atoms with Crippen LogP contribution in [0.2, 0.25) is 5.02 Å². The predicted octanol–water partition coefficient (Wildman–Crippen LogP) is 2.32. The van der Waals surface area contributed by atoms with Gasteiger partial charge >= 0.3 is 5.97 Å². The zero-order valence-electron chi connectivity index (χ0n) is 11.3. The van der Waals surface area contributed by atoms with Crippen LogP contribution in [0.3, 0.4) is 0 Å². The van der Waals surface area contributed by atoms with Crippen LogP contribution < -0.4 is 0 Å². The molecule has 0 saturated heterocycles. The van der Waals surface area contributed by atoms with E-state index in [1.54, 1.807) is 18.2 Å². The second-order valence-electron chi connectivity index (χ2n) is 4.27. The molecule has 1 aliphatic rings. The number of carbonyl (C=O) groups excluding carboxylic acids is 1. The van der Waals surface area contributed by atoms with Crippen LogP contribution in [0.15, 0.2) is 40.8 Å². The molecule has 0 radical (unpaired) electrons. The topological polar surface area (TPSA) is 83.7 Å². The molecule has 0 bridgehead atoms. The van der Waals surface area contributed by atoms with Crippen molar-refractivity contribution in [3.8, 4) is 11.4 Å². The lowest BCUT2D eigenvalue weighted by molar-refractivity contribution is -0.146. The van der Waals surface area contributed by atoms with E-state index in [0.717, 1.165) is 0 Å². The van der Waals surface area contributed by atoms with Gasteiger partial charge in [-0.1, -0.05) is 28.9 Å². The average Bonchev–Trinajstić information content (AvgIpc) is 3.02. The van der Waals surface area contributed by atoms with Gasteiger partial charge in [-0.15, -0.1) is 0 Å². The highest BCUT2D eigenvalue weighted by molar-refractivity contribution is 6.33. The van der Waals surface area contributed by atoms with Crippen LogP contribution in [-0.2, 0) is 25.6 Å². The summed E-state index contributed by atoms with van der Waals surface area (Å²) in [5.41, 5.74) is 0.636. The maximum absolute atomic E-state index is 11.7. The number of hydrogen-bond acceptors (Lipinski definition) is 7. The number of esters is 1. The molecule has 1 aromatic carbocycles. The van der Waals surface area contributed by atoms with Crippen LogP contribution in [0, 0.1) is 0 Å². The number of carbonyl (C=O) groups is 1. The van der Waals surface area contributed by atoms with E-state index in [9.17, 15) is 4.79 Å². The van der Waals surface area contributed by atoms with Crippen LogP contribution in [0.25, 0.3) is 11.4 Å². The van der Waals surface area contributed by atoms with Gasteiger partial charge in [0.2, 0.25) is 11.6 Å². The second-order valence-corrected chi connectivity index (χ2v) is 4.68. The van der Waals surface area contributed by atoms with E-state index in [4.69, 9.17) is 30.3 Å². The summed E-state index contributed by atoms with van der Waals surface area (Å²) in [7, 11) is 0. The summed E-state index contributed by atoms with van der Waals surface area (Å²) < 4.78 is 20.1. The third-order valence-corrected chi connectivity index (χ3v) is 3.09. The van der Waals surface area contributed by atoms with Crippen LogP contribution in [0.1, 0.15) is 5.89 Å². The van der Waals surface area contributed by atoms with E-state index in [1.165, 1.54) is 6.26 Å². The second kappa shape index (κ2) is 6.48. The van der Waals surface area contributed by atoms with Crippen molar-refractivity contribution in [3.05, 3.63) is 47.2 Å². The molecule has 0 saturated carbocycles. The van der Waals surface area contributed by atoms with Gasteiger partial charge in [0.05, 0.1) is 5.02 Å². The third-order valence-electron chi connectivity index (χ3n) is 2.76. The van der Waals surface area contributed by atoms with Gasteiger partial charge < -0.3 is 18.7 Å². The molecule has 8 heteroatoms. The largest absolute Gasteiger partial charge is 0.493 e. The molecule has 0 unspecified atom stereocenters. The highest BCUT2D eigenvalue weighted by Gasteiger charge is 2.18. The van der Waals surface area contributed by atoms with E-state index in [2.05, 4.69) is 10.1 Å². The first kappa shape index (κ1) is 14.4. The van der Waals surface area contributed by atoms with Crippen molar-refractivity contribution in [2.24, 2.45) is 0 Å². The first-order chi connectivity index (χ1) is 10.7. The molecule has 0 aliphatic carbocycles. The normalized spacial score (nSPS) is 13.8. The van der Waals surface area contributed by atoms with E-state index in [-0.39, 0.29) is 18.3 Å². The fourth-order valence-corrected chi connectivity index (χ4v) is 1.96. The Morgan fingerprint density at radius 2 is 2.18 bits per heavy atom. The summed E-state index contributed by atoms with van der Waals surface area (Å²) in [6.07, 6.45) is 1.22. The fraction of sp³-hybridized carbons (Fsp3) is 0.214. The van der Waals surface area contributed by atoms with Crippen LogP contribution in [0.5, 0.6) is 0 Å². The Morgan fingerprint density at radius 3 is 2.95 bits per heavy atom. The van der Waals surface area contributed by atoms with Gasteiger partial charge in [-0.2, -0.15) is 4.98 Å². The van der Waals surface area contributed by atoms with Gasteiger partial charge in [0.25, 0.3) is 5.89 Å². The molecule has 2 aromatic rings. The number of benzene rings is 1. The minimum absolute atomic E-state index is 0.0112. The van der Waals surface area contributed by atoms with Crippen molar-refractivity contribution >= 4 is 17.6 Å². The highest BCUT2D eigenvalue weighted by atomic mass is 35.5. The van der Waals surface area contributed by atoms with Crippen molar-refractivity contribution in [2.45, 2.75) is 6.61 Å². The number of halogens is 1. The number of hydrogen-bond donors (Lipinski definition) is 0. The average molecular weight is 323 g/mol. The number of aromatic nitrogens is 2. The molecule has 0 fully saturated rings. The molecule has 0 N–H and O–H groups in total. The zero-order chi connectivity index (χ0) is 15.4. The molecule has 0 atom stereocenters. The minimum atomic E-state index is -0.655. The molecule has 114 valence electrons. The zero-order valence-corrected chi connectivity index (χ0v) is 12.1. The monoisotopic (exact) mass is 322 g/mol. The quantitative estimate of drug-likeness (QED) is 0.799. The van der Waals surface area contributed by atoms with Gasteiger partial charge in [-0.3, -0.25) is 0 Å². The Bertz CT molecular complexity index is 713. The summed E-state index contributed by atoms with van der Waals surface area (Å²) in [5, 5.41) is 4.31. The molecule has 0 amide bonds. The smallest absolute Gasteiger partial charge is 0.377 e. The minimum Gasteiger partial charge on any atom is -0.493 e. The van der Waals surface area contributed by atoms with Gasteiger partial charge in [-0.05, 0) is 12.1 Å². The van der Waals surface area contributed by atoms with E-state index in [0.29, 0.717) is 29.6 Å². The van der Waals surface area contributed by atoms with Gasteiger partial charge in [-0.25, -0.2) is 4.79 Å². The Morgan fingerprint density at radius 1 is 1.32 bits per heavy atom. The van der Waals surface area contributed by atoms with Crippen molar-refractivity contribution < 1.29 is 23.5 Å². The molecular formula is C14H11ClN2O5. The third kappa shape index (κ3) is 3.20. The Balaban J connectivity index is 1.64. The first-order valence-corrected chi connectivity index (χ1v) is 6.81. The summed E-state index contributed by atoms with van der Waals surface area (Å²) >= 11 is 6.05. The number of rotatable bonds is 4. The SMILES string of the molecule is O=C(OCc1nc(-c2ccccc2Cl)no1)C1=COCCO1. The maximum atomic E-state index is 11.7. The lowest BCUT2D eigenvalue weighted by Gasteiger charge is -2.13. The standard InChI is InChI=1S/C14H11ClN2O5/c15-10-4-2-1-3-9(10)13-16-12(22-17-13)8-21-14(18)11-7-19-5-6-20-11/h1-4,7H,5-6,8H2. The number of ether oxygens (including phenoxy) is 3. The lowest BCUT2D eigenvalue weighted by atomic mass is 10.2. The Kier molecular flexibility index (Phi) is 4.24. The maximum Gasteiger partial charge on any atom is 0.377 e. The molecule has 22 heavy (non-hydrogen) atoms. The Hall–Kier alpha value is -2.54. The molecule has 7 nitrogen and oxygen atoms in total. The van der Waals surface area contributed by atoms with Gasteiger partial charge in [0, 0.05) is 5.56 Å². The van der Waals surface area contributed by atoms with Gasteiger partial charge in [0.1, 0.15) is 19.5 Å². The van der Waals surface area contributed by atoms with E-state index >= 15 is 0 Å². The summed E-state index contributed by atoms with van der Waals surface area (Å²) in [6.45, 7) is 0.538.